The van der Waals surface area contributed by atoms with E-state index in [1.54, 1.807) is 13.0 Å². The number of hydrogen-bond donors (Lipinski definition) is 0. The average Bonchev–Trinajstić information content (AvgIpc) is 2.03. The molecule has 1 unspecified atom stereocenters. The Morgan fingerprint density at radius 3 is 2.54 bits per heavy atom. The predicted molar refractivity (Wildman–Crippen MR) is 46.0 cm³/mol. The second-order valence-corrected chi connectivity index (χ2v) is 2.96. The fourth-order valence-corrected chi connectivity index (χ4v) is 1.03. The van der Waals surface area contributed by atoms with Crippen molar-refractivity contribution in [2.24, 2.45) is 0 Å². The third-order valence-corrected chi connectivity index (χ3v) is 1.75. The molecule has 0 N–H and O–H groups in total. The third kappa shape index (κ3) is 2.11. The molecule has 1 atom stereocenters. The number of benzene rings is 1. The minimum Gasteiger partial charge on any atom is -0.291 e. The van der Waals surface area contributed by atoms with E-state index in [2.05, 4.69) is 0 Å². The van der Waals surface area contributed by atoms with Crippen molar-refractivity contribution in [1.82, 2.24) is 0 Å². The smallest absolute Gasteiger partial charge is 0.199 e. The molecule has 0 bridgehead atoms. The monoisotopic (exact) mass is 184 g/mol. The van der Waals surface area contributed by atoms with Gasteiger partial charge in [0.2, 0.25) is 0 Å². The standard InChI is InChI=1S/C10H10F2O/c1-6-3-4-8(9(12)5-6)10(13)7(2)11/h3-5,7H,1-2H3. The molecule has 0 amide bonds. The Bertz CT molecular complexity index is 332. The first-order valence-electron chi connectivity index (χ1n) is 3.97. The minimum atomic E-state index is -1.66. The minimum absolute atomic E-state index is 0.180. The molecule has 1 aromatic carbocycles. The molecule has 0 saturated carbocycles. The number of Topliss-reactive ketones (excluding diaryl/α,β-unsaturated/α-hetero) is 1. The summed E-state index contributed by atoms with van der Waals surface area (Å²) in [5.41, 5.74) is 0.529. The molecular weight excluding hydrogens is 174 g/mol. The van der Waals surface area contributed by atoms with Crippen LogP contribution in [-0.4, -0.2) is 12.0 Å². The first-order valence-corrected chi connectivity index (χ1v) is 3.97. The molecule has 0 saturated heterocycles. The van der Waals surface area contributed by atoms with Gasteiger partial charge in [0.25, 0.3) is 0 Å². The molecule has 1 nitrogen and oxygen atoms in total. The quantitative estimate of drug-likeness (QED) is 0.646. The molecule has 0 aliphatic heterocycles. The summed E-state index contributed by atoms with van der Waals surface area (Å²) >= 11 is 0. The summed E-state index contributed by atoms with van der Waals surface area (Å²) < 4.78 is 25.6. The molecule has 13 heavy (non-hydrogen) atoms. The topological polar surface area (TPSA) is 17.1 Å². The number of aryl methyl sites for hydroxylation is 1. The Hall–Kier alpha value is -1.25. The highest BCUT2D eigenvalue weighted by molar-refractivity contribution is 5.99. The van der Waals surface area contributed by atoms with Crippen LogP contribution in [0.2, 0.25) is 0 Å². The summed E-state index contributed by atoms with van der Waals surface area (Å²) in [6, 6.07) is 4.11. The number of ketones is 1. The van der Waals surface area contributed by atoms with Gasteiger partial charge in [0.15, 0.2) is 12.0 Å². The summed E-state index contributed by atoms with van der Waals surface area (Å²) in [5.74, 6) is -1.47. The second-order valence-electron chi connectivity index (χ2n) is 2.96. The van der Waals surface area contributed by atoms with Crippen LogP contribution >= 0.6 is 0 Å². The SMILES string of the molecule is Cc1ccc(C(=O)C(C)F)c(F)c1. The van der Waals surface area contributed by atoms with Gasteiger partial charge in [-0.25, -0.2) is 8.78 Å². The van der Waals surface area contributed by atoms with Crippen LogP contribution in [-0.2, 0) is 0 Å². The van der Waals surface area contributed by atoms with E-state index in [1.807, 2.05) is 0 Å². The van der Waals surface area contributed by atoms with E-state index in [4.69, 9.17) is 0 Å². The molecule has 1 aromatic rings. The van der Waals surface area contributed by atoms with Gasteiger partial charge in [0, 0.05) is 0 Å². The van der Waals surface area contributed by atoms with Crippen molar-refractivity contribution in [2.75, 3.05) is 0 Å². The highest BCUT2D eigenvalue weighted by atomic mass is 19.1. The average molecular weight is 184 g/mol. The van der Waals surface area contributed by atoms with Gasteiger partial charge in [-0.1, -0.05) is 6.07 Å². The van der Waals surface area contributed by atoms with E-state index in [9.17, 15) is 13.6 Å². The predicted octanol–water partition coefficient (Wildman–Crippen LogP) is 2.67. The number of alkyl halides is 1. The lowest BCUT2D eigenvalue weighted by Crippen LogP contribution is -2.13. The lowest BCUT2D eigenvalue weighted by Gasteiger charge is -2.03. The molecule has 0 fully saturated rings. The van der Waals surface area contributed by atoms with Gasteiger partial charge < -0.3 is 0 Å². The maximum atomic E-state index is 13.1. The van der Waals surface area contributed by atoms with Crippen LogP contribution in [0, 0.1) is 12.7 Å². The first-order chi connectivity index (χ1) is 6.02. The first kappa shape index (κ1) is 9.84. The number of rotatable bonds is 2. The van der Waals surface area contributed by atoms with Crippen LogP contribution in [0.4, 0.5) is 8.78 Å². The summed E-state index contributed by atoms with van der Waals surface area (Å²) in [5, 5.41) is 0. The van der Waals surface area contributed by atoms with Crippen molar-refractivity contribution in [3.63, 3.8) is 0 Å². The number of carbonyl (C=O) groups excluding carboxylic acids is 1. The molecule has 1 rings (SSSR count). The van der Waals surface area contributed by atoms with Gasteiger partial charge in [0.05, 0.1) is 5.56 Å². The van der Waals surface area contributed by atoms with Gasteiger partial charge in [-0.2, -0.15) is 0 Å². The molecule has 0 spiro atoms. The Balaban J connectivity index is 3.09. The Labute approximate surface area is 75.4 Å². The third-order valence-electron chi connectivity index (χ3n) is 1.75. The van der Waals surface area contributed by atoms with Crippen molar-refractivity contribution in [1.29, 1.82) is 0 Å². The van der Waals surface area contributed by atoms with Crippen molar-refractivity contribution in [2.45, 2.75) is 20.0 Å². The van der Waals surface area contributed by atoms with Gasteiger partial charge in [0.1, 0.15) is 5.82 Å². The van der Waals surface area contributed by atoms with Crippen LogP contribution in [0.25, 0.3) is 0 Å². The summed E-state index contributed by atoms with van der Waals surface area (Å²) in [6.45, 7) is 2.80. The Morgan fingerprint density at radius 2 is 2.08 bits per heavy atom. The Morgan fingerprint density at radius 1 is 1.46 bits per heavy atom. The van der Waals surface area contributed by atoms with Gasteiger partial charge in [-0.3, -0.25) is 4.79 Å². The van der Waals surface area contributed by atoms with Crippen molar-refractivity contribution in [3.05, 3.63) is 35.1 Å². The highest BCUT2D eigenvalue weighted by Gasteiger charge is 2.17. The lowest BCUT2D eigenvalue weighted by molar-refractivity contribution is 0.0888. The fourth-order valence-electron chi connectivity index (χ4n) is 1.03. The van der Waals surface area contributed by atoms with Crippen LogP contribution in [0.3, 0.4) is 0 Å². The number of carbonyl (C=O) groups is 1. The highest BCUT2D eigenvalue weighted by Crippen LogP contribution is 2.13. The summed E-state index contributed by atoms with van der Waals surface area (Å²) in [6.07, 6.45) is -1.66. The van der Waals surface area contributed by atoms with Gasteiger partial charge in [-0.05, 0) is 31.5 Å². The number of halogens is 2. The van der Waals surface area contributed by atoms with Crippen molar-refractivity contribution in [3.8, 4) is 0 Å². The fraction of sp³-hybridized carbons (Fsp3) is 0.300. The second kappa shape index (κ2) is 3.64. The normalized spacial score (nSPS) is 12.6. The number of hydrogen-bond acceptors (Lipinski definition) is 1. The largest absolute Gasteiger partial charge is 0.291 e. The summed E-state index contributed by atoms with van der Waals surface area (Å²) in [4.78, 5) is 11.1. The van der Waals surface area contributed by atoms with E-state index in [0.717, 1.165) is 6.92 Å². The molecule has 0 aliphatic carbocycles. The van der Waals surface area contributed by atoms with Crippen LogP contribution < -0.4 is 0 Å². The Kier molecular flexibility index (Phi) is 2.76. The van der Waals surface area contributed by atoms with E-state index in [0.29, 0.717) is 5.56 Å². The molecule has 3 heteroatoms. The lowest BCUT2D eigenvalue weighted by atomic mass is 10.1. The van der Waals surface area contributed by atoms with Gasteiger partial charge in [-0.15, -0.1) is 0 Å². The maximum absolute atomic E-state index is 13.1. The summed E-state index contributed by atoms with van der Waals surface area (Å²) in [7, 11) is 0. The molecule has 0 heterocycles. The zero-order valence-corrected chi connectivity index (χ0v) is 7.47. The molecule has 0 aromatic heterocycles. The van der Waals surface area contributed by atoms with E-state index in [-0.39, 0.29) is 5.56 Å². The van der Waals surface area contributed by atoms with Crippen LogP contribution in [0.1, 0.15) is 22.8 Å². The zero-order valence-electron chi connectivity index (χ0n) is 7.47. The van der Waals surface area contributed by atoms with E-state index in [1.165, 1.54) is 12.1 Å². The maximum Gasteiger partial charge on any atom is 0.199 e. The molecule has 70 valence electrons. The van der Waals surface area contributed by atoms with Crippen LogP contribution in [0.15, 0.2) is 18.2 Å². The van der Waals surface area contributed by atoms with Crippen molar-refractivity contribution < 1.29 is 13.6 Å². The van der Waals surface area contributed by atoms with Crippen molar-refractivity contribution >= 4 is 5.78 Å². The molecular formula is C10H10F2O. The zero-order chi connectivity index (χ0) is 10.0. The van der Waals surface area contributed by atoms with Crippen LogP contribution in [0.5, 0.6) is 0 Å². The van der Waals surface area contributed by atoms with Gasteiger partial charge >= 0.3 is 0 Å². The van der Waals surface area contributed by atoms with E-state index >= 15 is 0 Å². The van der Waals surface area contributed by atoms with E-state index < -0.39 is 17.8 Å². The molecule has 0 aliphatic rings. The molecule has 0 radical (unpaired) electrons.